The molecule has 0 aliphatic rings. The molecule has 0 amide bonds. The van der Waals surface area contributed by atoms with Crippen LogP contribution in [0.5, 0.6) is 0 Å². The Labute approximate surface area is 109 Å². The van der Waals surface area contributed by atoms with E-state index in [1.807, 2.05) is 0 Å². The van der Waals surface area contributed by atoms with Crippen LogP contribution >= 0.6 is 0 Å². The van der Waals surface area contributed by atoms with Crippen molar-refractivity contribution < 1.29 is 9.90 Å². The van der Waals surface area contributed by atoms with Gasteiger partial charge in [0.2, 0.25) is 0 Å². The minimum absolute atomic E-state index is 0.387. The van der Waals surface area contributed by atoms with E-state index in [0.29, 0.717) is 11.8 Å². The molecule has 0 spiro atoms. The third-order valence-corrected chi connectivity index (χ3v) is 3.12. The Bertz CT molecular complexity index is 468. The van der Waals surface area contributed by atoms with Crippen molar-refractivity contribution in [3.63, 3.8) is 0 Å². The van der Waals surface area contributed by atoms with Gasteiger partial charge in [-0.25, -0.2) is 4.79 Å². The molecule has 1 N–H and O–H groups in total. The summed E-state index contributed by atoms with van der Waals surface area (Å²) in [4.78, 5) is 10.7. The number of carboxylic acids is 1. The quantitative estimate of drug-likeness (QED) is 0.802. The lowest BCUT2D eigenvalue weighted by molar-refractivity contribution is -0.131. The normalized spacial score (nSPS) is 11.7. The predicted molar refractivity (Wildman–Crippen MR) is 76.0 cm³/mol. The smallest absolute Gasteiger partial charge is 0.328 e. The molecule has 0 bridgehead atoms. The second kappa shape index (κ2) is 5.85. The zero-order chi connectivity index (χ0) is 13.9. The van der Waals surface area contributed by atoms with Crippen molar-refractivity contribution in [1.29, 1.82) is 0 Å². The lowest BCUT2D eigenvalue weighted by Crippen LogP contribution is -2.00. The molecule has 0 aliphatic heterocycles. The molecule has 0 atom stereocenters. The molecule has 0 heterocycles. The molecular formula is C16H22O2. The fraction of sp³-hybridized carbons (Fsp3) is 0.438. The van der Waals surface area contributed by atoms with Crippen molar-refractivity contribution in [1.82, 2.24) is 0 Å². The summed E-state index contributed by atoms with van der Waals surface area (Å²) in [7, 11) is 0. The van der Waals surface area contributed by atoms with Crippen LogP contribution in [0.25, 0.3) is 6.08 Å². The van der Waals surface area contributed by atoms with Crippen LogP contribution in [0, 0.1) is 6.92 Å². The zero-order valence-electron chi connectivity index (χ0n) is 11.8. The van der Waals surface area contributed by atoms with Crippen molar-refractivity contribution >= 4 is 12.0 Å². The van der Waals surface area contributed by atoms with Crippen LogP contribution in [0.2, 0.25) is 0 Å². The molecule has 2 heteroatoms. The summed E-state index contributed by atoms with van der Waals surface area (Å²) in [6.07, 6.45) is 2.91. The Morgan fingerprint density at radius 3 is 2.11 bits per heavy atom. The highest BCUT2D eigenvalue weighted by atomic mass is 16.4. The number of aryl methyl sites for hydroxylation is 1. The number of rotatable bonds is 4. The molecule has 0 aromatic heterocycles. The van der Waals surface area contributed by atoms with E-state index in [9.17, 15) is 4.79 Å². The first kappa shape index (κ1) is 14.5. The van der Waals surface area contributed by atoms with E-state index < -0.39 is 5.97 Å². The van der Waals surface area contributed by atoms with Gasteiger partial charge in [0, 0.05) is 6.08 Å². The zero-order valence-corrected chi connectivity index (χ0v) is 11.8. The topological polar surface area (TPSA) is 37.3 Å². The SMILES string of the molecule is Cc1cc(C(C)C)c(C=CC(=O)O)cc1C(C)C. The van der Waals surface area contributed by atoms with Crippen molar-refractivity contribution in [2.75, 3.05) is 0 Å². The number of hydrogen-bond donors (Lipinski definition) is 1. The minimum Gasteiger partial charge on any atom is -0.478 e. The lowest BCUT2D eigenvalue weighted by Gasteiger charge is -2.17. The molecule has 0 fully saturated rings. The maximum atomic E-state index is 10.7. The van der Waals surface area contributed by atoms with E-state index in [2.05, 4.69) is 46.8 Å². The second-order valence-corrected chi connectivity index (χ2v) is 5.32. The maximum Gasteiger partial charge on any atom is 0.328 e. The van der Waals surface area contributed by atoms with E-state index in [0.717, 1.165) is 5.56 Å². The number of carboxylic acid groups (broad SMARTS) is 1. The molecule has 98 valence electrons. The lowest BCUT2D eigenvalue weighted by atomic mass is 9.88. The van der Waals surface area contributed by atoms with Gasteiger partial charge < -0.3 is 5.11 Å². The predicted octanol–water partition coefficient (Wildman–Crippen LogP) is 4.34. The molecule has 0 unspecified atom stereocenters. The molecule has 1 aromatic rings. The maximum absolute atomic E-state index is 10.7. The summed E-state index contributed by atoms with van der Waals surface area (Å²) in [6.45, 7) is 10.7. The average molecular weight is 246 g/mol. The van der Waals surface area contributed by atoms with Gasteiger partial charge in [0.15, 0.2) is 0 Å². The number of benzene rings is 1. The molecule has 1 rings (SSSR count). The van der Waals surface area contributed by atoms with Crippen molar-refractivity contribution in [3.8, 4) is 0 Å². The Morgan fingerprint density at radius 2 is 1.67 bits per heavy atom. The van der Waals surface area contributed by atoms with Gasteiger partial charge in [-0.05, 0) is 47.1 Å². The van der Waals surface area contributed by atoms with E-state index in [1.54, 1.807) is 6.08 Å². The van der Waals surface area contributed by atoms with Gasteiger partial charge in [-0.2, -0.15) is 0 Å². The molecule has 1 aromatic carbocycles. The highest BCUT2D eigenvalue weighted by Crippen LogP contribution is 2.28. The van der Waals surface area contributed by atoms with Gasteiger partial charge in [-0.1, -0.05) is 39.8 Å². The Morgan fingerprint density at radius 1 is 1.11 bits per heavy atom. The van der Waals surface area contributed by atoms with Gasteiger partial charge >= 0.3 is 5.97 Å². The minimum atomic E-state index is -0.906. The Hall–Kier alpha value is -1.57. The highest BCUT2D eigenvalue weighted by Gasteiger charge is 2.11. The van der Waals surface area contributed by atoms with E-state index >= 15 is 0 Å². The van der Waals surface area contributed by atoms with Crippen LogP contribution in [0.3, 0.4) is 0 Å². The van der Waals surface area contributed by atoms with Crippen LogP contribution in [-0.2, 0) is 4.79 Å². The largest absolute Gasteiger partial charge is 0.478 e. The Balaban J connectivity index is 3.35. The van der Waals surface area contributed by atoms with Gasteiger partial charge in [-0.15, -0.1) is 0 Å². The first-order chi connectivity index (χ1) is 8.32. The standard InChI is InChI=1S/C16H22O2/c1-10(2)14-9-13(6-7-16(17)18)15(11(3)4)8-12(14)5/h6-11H,1-5H3,(H,17,18). The van der Waals surface area contributed by atoms with E-state index in [1.165, 1.54) is 22.8 Å². The summed E-state index contributed by atoms with van der Waals surface area (Å²) in [5.41, 5.74) is 4.78. The number of carbonyl (C=O) groups is 1. The van der Waals surface area contributed by atoms with Crippen molar-refractivity contribution in [3.05, 3.63) is 40.5 Å². The average Bonchev–Trinajstić information content (AvgIpc) is 2.26. The third-order valence-electron chi connectivity index (χ3n) is 3.12. The number of hydrogen-bond acceptors (Lipinski definition) is 1. The summed E-state index contributed by atoms with van der Waals surface area (Å²) < 4.78 is 0. The van der Waals surface area contributed by atoms with Gasteiger partial charge in [0.1, 0.15) is 0 Å². The third kappa shape index (κ3) is 3.46. The number of aliphatic carboxylic acids is 1. The highest BCUT2D eigenvalue weighted by molar-refractivity contribution is 5.85. The molecule has 2 nitrogen and oxygen atoms in total. The molecular weight excluding hydrogens is 224 g/mol. The second-order valence-electron chi connectivity index (χ2n) is 5.32. The first-order valence-electron chi connectivity index (χ1n) is 6.38. The van der Waals surface area contributed by atoms with Gasteiger partial charge in [0.25, 0.3) is 0 Å². The van der Waals surface area contributed by atoms with Crippen LogP contribution in [0.4, 0.5) is 0 Å². The summed E-state index contributed by atoms with van der Waals surface area (Å²) in [5, 5.41) is 8.75. The van der Waals surface area contributed by atoms with Crippen molar-refractivity contribution in [2.45, 2.75) is 46.5 Å². The molecule has 0 radical (unpaired) electrons. The fourth-order valence-corrected chi connectivity index (χ4v) is 2.19. The molecule has 0 saturated carbocycles. The first-order valence-corrected chi connectivity index (χ1v) is 6.38. The molecule has 18 heavy (non-hydrogen) atoms. The monoisotopic (exact) mass is 246 g/mol. The van der Waals surface area contributed by atoms with E-state index in [4.69, 9.17) is 5.11 Å². The van der Waals surface area contributed by atoms with Crippen LogP contribution in [0.1, 0.15) is 61.8 Å². The Kier molecular flexibility index (Phi) is 4.71. The van der Waals surface area contributed by atoms with Crippen LogP contribution < -0.4 is 0 Å². The molecule has 0 aliphatic carbocycles. The summed E-state index contributed by atoms with van der Waals surface area (Å²) in [5.74, 6) is -0.0714. The molecule has 0 saturated heterocycles. The fourth-order valence-electron chi connectivity index (χ4n) is 2.19. The summed E-state index contributed by atoms with van der Waals surface area (Å²) in [6, 6.07) is 4.30. The van der Waals surface area contributed by atoms with Crippen LogP contribution in [-0.4, -0.2) is 11.1 Å². The van der Waals surface area contributed by atoms with Crippen LogP contribution in [0.15, 0.2) is 18.2 Å². The van der Waals surface area contributed by atoms with Gasteiger partial charge in [0.05, 0.1) is 0 Å². The van der Waals surface area contributed by atoms with E-state index in [-0.39, 0.29) is 0 Å². The van der Waals surface area contributed by atoms with Crippen molar-refractivity contribution in [2.24, 2.45) is 0 Å². The summed E-state index contributed by atoms with van der Waals surface area (Å²) >= 11 is 0. The van der Waals surface area contributed by atoms with Gasteiger partial charge in [-0.3, -0.25) is 0 Å².